The predicted molar refractivity (Wildman–Crippen MR) is 100 cm³/mol. The van der Waals surface area contributed by atoms with Crippen molar-refractivity contribution >= 4 is 15.9 Å². The lowest BCUT2D eigenvalue weighted by molar-refractivity contribution is 0.0746. The maximum absolute atomic E-state index is 12.8. The fourth-order valence-electron chi connectivity index (χ4n) is 3.26. The Kier molecular flexibility index (Phi) is 5.68. The van der Waals surface area contributed by atoms with E-state index in [2.05, 4.69) is 4.98 Å². The van der Waals surface area contributed by atoms with Gasteiger partial charge in [-0.1, -0.05) is 24.3 Å². The quantitative estimate of drug-likeness (QED) is 0.817. The number of nitrogens with zero attached hydrogens (tertiary/aromatic N) is 3. The highest BCUT2D eigenvalue weighted by atomic mass is 32.2. The van der Waals surface area contributed by atoms with Crippen molar-refractivity contribution in [1.82, 2.24) is 14.2 Å². The molecule has 1 aromatic carbocycles. The molecule has 1 atom stereocenters. The van der Waals surface area contributed by atoms with E-state index in [1.807, 2.05) is 36.4 Å². The first-order valence-corrected chi connectivity index (χ1v) is 10.5. The van der Waals surface area contributed by atoms with Crippen LogP contribution >= 0.6 is 0 Å². The van der Waals surface area contributed by atoms with Crippen LogP contribution in [0.5, 0.6) is 0 Å². The number of carbonyl (C=O) groups is 1. The zero-order valence-corrected chi connectivity index (χ0v) is 15.6. The first-order valence-electron chi connectivity index (χ1n) is 8.63. The molecule has 2 aromatic rings. The number of benzene rings is 1. The summed E-state index contributed by atoms with van der Waals surface area (Å²) in [6.07, 6.45) is 3.58. The first-order chi connectivity index (χ1) is 12.4. The normalized spacial score (nSPS) is 19.1. The number of amides is 1. The van der Waals surface area contributed by atoms with Crippen molar-refractivity contribution in [2.75, 3.05) is 32.4 Å². The van der Waals surface area contributed by atoms with Crippen molar-refractivity contribution in [2.45, 2.75) is 6.42 Å². The predicted octanol–water partition coefficient (Wildman–Crippen LogP) is 1.66. The van der Waals surface area contributed by atoms with E-state index in [4.69, 9.17) is 0 Å². The highest BCUT2D eigenvalue weighted by Crippen LogP contribution is 2.18. The molecule has 2 heterocycles. The van der Waals surface area contributed by atoms with Crippen LogP contribution in [-0.4, -0.2) is 60.9 Å². The van der Waals surface area contributed by atoms with Gasteiger partial charge in [0.25, 0.3) is 5.91 Å². The lowest BCUT2D eigenvalue weighted by Crippen LogP contribution is -2.37. The number of rotatable bonds is 4. The zero-order chi connectivity index (χ0) is 18.6. The van der Waals surface area contributed by atoms with Gasteiger partial charge in [0, 0.05) is 43.6 Å². The van der Waals surface area contributed by atoms with E-state index in [0.717, 1.165) is 5.69 Å². The standard InChI is InChI=1S/C19H23N3O3S/c1-26(24,25)22-12-11-21(19(23)17-7-3-2-4-8-17)14-16(15-22)13-18-9-5-6-10-20-18/h2-10,16H,11-15H2,1H3. The maximum Gasteiger partial charge on any atom is 0.253 e. The van der Waals surface area contributed by atoms with Crippen LogP contribution < -0.4 is 0 Å². The van der Waals surface area contributed by atoms with E-state index in [0.29, 0.717) is 38.2 Å². The average molecular weight is 373 g/mol. The second-order valence-electron chi connectivity index (χ2n) is 6.63. The smallest absolute Gasteiger partial charge is 0.253 e. The number of hydrogen-bond donors (Lipinski definition) is 0. The Hall–Kier alpha value is -2.25. The molecule has 7 heteroatoms. The van der Waals surface area contributed by atoms with Gasteiger partial charge in [0.15, 0.2) is 0 Å². The molecule has 138 valence electrons. The molecule has 1 aromatic heterocycles. The van der Waals surface area contributed by atoms with Crippen LogP contribution in [-0.2, 0) is 16.4 Å². The molecule has 1 unspecified atom stereocenters. The van der Waals surface area contributed by atoms with Crippen molar-refractivity contribution in [1.29, 1.82) is 0 Å². The summed E-state index contributed by atoms with van der Waals surface area (Å²) in [6, 6.07) is 14.8. The summed E-state index contributed by atoms with van der Waals surface area (Å²) in [7, 11) is -3.31. The average Bonchev–Trinajstić information content (AvgIpc) is 2.85. The summed E-state index contributed by atoms with van der Waals surface area (Å²) in [5.41, 5.74) is 1.52. The minimum Gasteiger partial charge on any atom is -0.337 e. The number of sulfonamides is 1. The van der Waals surface area contributed by atoms with Crippen LogP contribution in [0.25, 0.3) is 0 Å². The highest BCUT2D eigenvalue weighted by Gasteiger charge is 2.30. The molecule has 1 aliphatic rings. The molecule has 0 aliphatic carbocycles. The highest BCUT2D eigenvalue weighted by molar-refractivity contribution is 7.88. The van der Waals surface area contributed by atoms with E-state index in [1.54, 1.807) is 23.2 Å². The fourth-order valence-corrected chi connectivity index (χ4v) is 4.16. The summed E-state index contributed by atoms with van der Waals surface area (Å²) in [4.78, 5) is 19.0. The summed E-state index contributed by atoms with van der Waals surface area (Å²) >= 11 is 0. The largest absolute Gasteiger partial charge is 0.337 e. The van der Waals surface area contributed by atoms with Gasteiger partial charge in [-0.05, 0) is 36.6 Å². The third-order valence-electron chi connectivity index (χ3n) is 4.56. The van der Waals surface area contributed by atoms with Gasteiger partial charge in [-0.2, -0.15) is 0 Å². The Labute approximate surface area is 154 Å². The molecule has 1 saturated heterocycles. The number of aromatic nitrogens is 1. The molecule has 0 radical (unpaired) electrons. The number of pyridine rings is 1. The van der Waals surface area contributed by atoms with E-state index >= 15 is 0 Å². The van der Waals surface area contributed by atoms with Crippen molar-refractivity contribution < 1.29 is 13.2 Å². The van der Waals surface area contributed by atoms with Gasteiger partial charge in [0.1, 0.15) is 0 Å². The van der Waals surface area contributed by atoms with Gasteiger partial charge in [-0.15, -0.1) is 0 Å². The molecular formula is C19H23N3O3S. The van der Waals surface area contributed by atoms with Crippen LogP contribution in [0.3, 0.4) is 0 Å². The molecule has 0 bridgehead atoms. The van der Waals surface area contributed by atoms with Gasteiger partial charge in [0.05, 0.1) is 6.26 Å². The molecule has 26 heavy (non-hydrogen) atoms. The van der Waals surface area contributed by atoms with Gasteiger partial charge in [0.2, 0.25) is 10.0 Å². The molecule has 0 saturated carbocycles. The minimum atomic E-state index is -3.31. The maximum atomic E-state index is 12.8. The SMILES string of the molecule is CS(=O)(=O)N1CCN(C(=O)c2ccccc2)CC(Cc2ccccn2)C1. The van der Waals surface area contributed by atoms with Crippen molar-refractivity contribution in [2.24, 2.45) is 5.92 Å². The summed E-state index contributed by atoms with van der Waals surface area (Å²) in [6.45, 7) is 1.61. The van der Waals surface area contributed by atoms with E-state index in [-0.39, 0.29) is 11.8 Å². The minimum absolute atomic E-state index is 0.00483. The van der Waals surface area contributed by atoms with Crippen molar-refractivity contribution in [3.8, 4) is 0 Å². The van der Waals surface area contributed by atoms with Crippen LogP contribution in [0.4, 0.5) is 0 Å². The molecule has 3 rings (SSSR count). The van der Waals surface area contributed by atoms with E-state index < -0.39 is 10.0 Å². The van der Waals surface area contributed by atoms with Gasteiger partial charge in [-0.3, -0.25) is 9.78 Å². The third-order valence-corrected chi connectivity index (χ3v) is 5.83. The molecular weight excluding hydrogens is 350 g/mol. The van der Waals surface area contributed by atoms with Crippen molar-refractivity contribution in [3.63, 3.8) is 0 Å². The second-order valence-corrected chi connectivity index (χ2v) is 8.61. The molecule has 0 N–H and O–H groups in total. The Morgan fingerprint density at radius 3 is 2.46 bits per heavy atom. The molecule has 6 nitrogen and oxygen atoms in total. The summed E-state index contributed by atoms with van der Waals surface area (Å²) < 4.78 is 25.7. The Morgan fingerprint density at radius 1 is 1.08 bits per heavy atom. The third kappa shape index (κ3) is 4.68. The first kappa shape index (κ1) is 18.5. The second kappa shape index (κ2) is 7.97. The number of carbonyl (C=O) groups excluding carboxylic acids is 1. The van der Waals surface area contributed by atoms with Crippen LogP contribution in [0.1, 0.15) is 16.1 Å². The zero-order valence-electron chi connectivity index (χ0n) is 14.8. The topological polar surface area (TPSA) is 70.6 Å². The molecule has 1 aliphatic heterocycles. The van der Waals surface area contributed by atoms with Gasteiger partial charge >= 0.3 is 0 Å². The molecule has 0 spiro atoms. The lowest BCUT2D eigenvalue weighted by Gasteiger charge is -2.24. The van der Waals surface area contributed by atoms with Crippen LogP contribution in [0, 0.1) is 5.92 Å². The van der Waals surface area contributed by atoms with E-state index in [9.17, 15) is 13.2 Å². The van der Waals surface area contributed by atoms with Crippen LogP contribution in [0.2, 0.25) is 0 Å². The van der Waals surface area contributed by atoms with Gasteiger partial charge < -0.3 is 4.90 Å². The summed E-state index contributed by atoms with van der Waals surface area (Å²) in [5, 5.41) is 0. The summed E-state index contributed by atoms with van der Waals surface area (Å²) in [5.74, 6) is -0.0678. The Bertz CT molecular complexity index is 841. The Morgan fingerprint density at radius 2 is 1.81 bits per heavy atom. The van der Waals surface area contributed by atoms with Crippen molar-refractivity contribution in [3.05, 3.63) is 66.0 Å². The molecule has 1 fully saturated rings. The van der Waals surface area contributed by atoms with E-state index in [1.165, 1.54) is 10.6 Å². The lowest BCUT2D eigenvalue weighted by atomic mass is 10.0. The Balaban J connectivity index is 1.82. The number of hydrogen-bond acceptors (Lipinski definition) is 4. The van der Waals surface area contributed by atoms with Crippen LogP contribution in [0.15, 0.2) is 54.7 Å². The van der Waals surface area contributed by atoms with Gasteiger partial charge in [-0.25, -0.2) is 12.7 Å². The monoisotopic (exact) mass is 373 g/mol. The molecule has 1 amide bonds. The fraction of sp³-hybridized carbons (Fsp3) is 0.368.